The molecule has 1 aromatic carbocycles. The average molecular weight is 299 g/mol. The highest BCUT2D eigenvalue weighted by molar-refractivity contribution is 5.99. The summed E-state index contributed by atoms with van der Waals surface area (Å²) < 4.78 is 0. The van der Waals surface area contributed by atoms with Gasteiger partial charge < -0.3 is 10.0 Å². The molecular weight excluding hydrogens is 278 g/mol. The van der Waals surface area contributed by atoms with Crippen LogP contribution >= 0.6 is 0 Å². The van der Waals surface area contributed by atoms with Crippen molar-refractivity contribution in [1.29, 1.82) is 0 Å². The Balaban J connectivity index is 1.77. The van der Waals surface area contributed by atoms with E-state index < -0.39 is 0 Å². The predicted molar refractivity (Wildman–Crippen MR) is 84.3 cm³/mol. The number of carbonyl (C=O) groups is 1. The molecule has 1 aliphatic rings. The molecule has 5 heteroatoms. The molecule has 3 rings (SSSR count). The number of amides is 1. The Hall–Kier alpha value is -2.14. The first kappa shape index (κ1) is 14.8. The van der Waals surface area contributed by atoms with Crippen LogP contribution in [-0.4, -0.2) is 45.8 Å². The van der Waals surface area contributed by atoms with Gasteiger partial charge in [0.05, 0.1) is 23.6 Å². The summed E-state index contributed by atoms with van der Waals surface area (Å²) in [5.41, 5.74) is 2.25. The molecule has 0 aliphatic heterocycles. The molecule has 1 heterocycles. The van der Waals surface area contributed by atoms with E-state index in [0.29, 0.717) is 12.1 Å². The Morgan fingerprint density at radius 1 is 1.36 bits per heavy atom. The van der Waals surface area contributed by atoms with Gasteiger partial charge in [0.25, 0.3) is 5.91 Å². The maximum Gasteiger partial charge on any atom is 0.257 e. The number of H-pyrrole nitrogens is 1. The zero-order chi connectivity index (χ0) is 15.5. The lowest BCUT2D eigenvalue weighted by Crippen LogP contribution is -2.34. The van der Waals surface area contributed by atoms with Crippen LogP contribution in [0.1, 0.15) is 29.6 Å². The smallest absolute Gasteiger partial charge is 0.257 e. The van der Waals surface area contributed by atoms with Gasteiger partial charge in [0, 0.05) is 25.1 Å². The number of aliphatic hydroxyl groups excluding tert-OH is 1. The molecule has 1 saturated carbocycles. The van der Waals surface area contributed by atoms with Gasteiger partial charge >= 0.3 is 0 Å². The van der Waals surface area contributed by atoms with E-state index in [2.05, 4.69) is 10.2 Å². The zero-order valence-corrected chi connectivity index (χ0v) is 12.7. The van der Waals surface area contributed by atoms with Crippen LogP contribution in [0.25, 0.3) is 11.3 Å². The Kier molecular flexibility index (Phi) is 4.24. The highest BCUT2D eigenvalue weighted by atomic mass is 16.3. The van der Waals surface area contributed by atoms with Crippen molar-refractivity contribution in [1.82, 2.24) is 15.1 Å². The minimum atomic E-state index is -0.284. The van der Waals surface area contributed by atoms with Crippen molar-refractivity contribution >= 4 is 5.91 Å². The summed E-state index contributed by atoms with van der Waals surface area (Å²) in [4.78, 5) is 14.4. The molecule has 5 nitrogen and oxygen atoms in total. The van der Waals surface area contributed by atoms with E-state index in [0.717, 1.165) is 30.5 Å². The Bertz CT molecular complexity index is 638. The van der Waals surface area contributed by atoms with E-state index in [9.17, 15) is 9.90 Å². The monoisotopic (exact) mass is 299 g/mol. The zero-order valence-electron chi connectivity index (χ0n) is 12.7. The fraction of sp³-hybridized carbons (Fsp3) is 0.412. The fourth-order valence-electron chi connectivity index (χ4n) is 3.14. The molecule has 1 amide bonds. The topological polar surface area (TPSA) is 69.2 Å². The van der Waals surface area contributed by atoms with Gasteiger partial charge in [0.15, 0.2) is 0 Å². The van der Waals surface area contributed by atoms with Crippen LogP contribution in [0.4, 0.5) is 0 Å². The van der Waals surface area contributed by atoms with Crippen molar-refractivity contribution in [2.75, 3.05) is 13.6 Å². The maximum absolute atomic E-state index is 12.7. The molecule has 1 aromatic heterocycles. The largest absolute Gasteiger partial charge is 0.393 e. The molecule has 2 atom stereocenters. The normalized spacial score (nSPS) is 21.0. The lowest BCUT2D eigenvalue weighted by molar-refractivity contribution is 0.0694. The Morgan fingerprint density at radius 3 is 2.82 bits per heavy atom. The first-order valence-corrected chi connectivity index (χ1v) is 7.69. The highest BCUT2D eigenvalue weighted by Gasteiger charge is 2.28. The average Bonchev–Trinajstić information content (AvgIpc) is 3.17. The molecule has 0 spiro atoms. The van der Waals surface area contributed by atoms with Crippen LogP contribution in [0, 0.1) is 5.92 Å². The highest BCUT2D eigenvalue weighted by Crippen LogP contribution is 2.27. The van der Waals surface area contributed by atoms with Gasteiger partial charge in [-0.15, -0.1) is 0 Å². The summed E-state index contributed by atoms with van der Waals surface area (Å²) >= 11 is 0. The van der Waals surface area contributed by atoms with Gasteiger partial charge in [-0.2, -0.15) is 5.10 Å². The minimum absolute atomic E-state index is 0.0632. The van der Waals surface area contributed by atoms with Gasteiger partial charge in [0.1, 0.15) is 0 Å². The second kappa shape index (κ2) is 6.32. The summed E-state index contributed by atoms with van der Waals surface area (Å²) in [5, 5.41) is 16.9. The SMILES string of the molecule is CN(CC1CCCC1O)C(=O)c1cn[nH]c1-c1ccccc1. The van der Waals surface area contributed by atoms with E-state index in [1.165, 1.54) is 0 Å². The van der Waals surface area contributed by atoms with Crippen molar-refractivity contribution in [3.05, 3.63) is 42.1 Å². The van der Waals surface area contributed by atoms with E-state index >= 15 is 0 Å². The standard InChI is InChI=1S/C17H21N3O2/c1-20(11-13-8-5-9-15(13)21)17(22)14-10-18-19-16(14)12-6-3-2-4-7-12/h2-4,6-7,10,13,15,21H,5,8-9,11H2,1H3,(H,18,19). The van der Waals surface area contributed by atoms with Crippen LogP contribution in [0.3, 0.4) is 0 Å². The first-order valence-electron chi connectivity index (χ1n) is 7.69. The predicted octanol–water partition coefficient (Wildman–Crippen LogP) is 2.31. The van der Waals surface area contributed by atoms with E-state index in [1.54, 1.807) is 18.1 Å². The van der Waals surface area contributed by atoms with E-state index in [-0.39, 0.29) is 17.9 Å². The third-order valence-electron chi connectivity index (χ3n) is 4.41. The molecule has 1 aliphatic carbocycles. The molecule has 0 radical (unpaired) electrons. The number of carbonyl (C=O) groups excluding carboxylic acids is 1. The summed E-state index contributed by atoms with van der Waals surface area (Å²) in [5.74, 6) is 0.118. The maximum atomic E-state index is 12.7. The molecule has 0 saturated heterocycles. The van der Waals surface area contributed by atoms with Crippen molar-refractivity contribution in [3.63, 3.8) is 0 Å². The molecule has 0 bridgehead atoms. The van der Waals surface area contributed by atoms with Crippen molar-refractivity contribution in [2.45, 2.75) is 25.4 Å². The number of nitrogens with one attached hydrogen (secondary N) is 1. The van der Waals surface area contributed by atoms with Crippen LogP contribution in [-0.2, 0) is 0 Å². The third-order valence-corrected chi connectivity index (χ3v) is 4.41. The molecular formula is C17H21N3O2. The van der Waals surface area contributed by atoms with E-state index in [4.69, 9.17) is 0 Å². The number of hydrogen-bond acceptors (Lipinski definition) is 3. The van der Waals surface area contributed by atoms with Crippen LogP contribution in [0.5, 0.6) is 0 Å². The van der Waals surface area contributed by atoms with Gasteiger partial charge in [-0.05, 0) is 12.8 Å². The van der Waals surface area contributed by atoms with E-state index in [1.807, 2.05) is 30.3 Å². The lowest BCUT2D eigenvalue weighted by atomic mass is 10.0. The first-order chi connectivity index (χ1) is 10.7. The van der Waals surface area contributed by atoms with Crippen LogP contribution in [0.2, 0.25) is 0 Å². The number of aliphatic hydroxyl groups is 1. The van der Waals surface area contributed by atoms with Gasteiger partial charge in [-0.25, -0.2) is 0 Å². The van der Waals surface area contributed by atoms with Gasteiger partial charge in [0.2, 0.25) is 0 Å². The third kappa shape index (κ3) is 2.90. The second-order valence-corrected chi connectivity index (χ2v) is 5.97. The van der Waals surface area contributed by atoms with Crippen molar-refractivity contribution in [3.8, 4) is 11.3 Å². The Morgan fingerprint density at radius 2 is 2.14 bits per heavy atom. The van der Waals surface area contributed by atoms with Crippen molar-refractivity contribution < 1.29 is 9.90 Å². The molecule has 2 aromatic rings. The molecule has 116 valence electrons. The van der Waals surface area contributed by atoms with Gasteiger partial charge in [-0.3, -0.25) is 9.89 Å². The number of nitrogens with zero attached hydrogens (tertiary/aromatic N) is 2. The van der Waals surface area contributed by atoms with Crippen molar-refractivity contribution in [2.24, 2.45) is 5.92 Å². The molecule has 2 N–H and O–H groups in total. The summed E-state index contributed by atoms with van der Waals surface area (Å²) in [6.07, 6.45) is 4.15. The summed E-state index contributed by atoms with van der Waals surface area (Å²) in [7, 11) is 1.79. The molecule has 1 fully saturated rings. The Labute approximate surface area is 130 Å². The quantitative estimate of drug-likeness (QED) is 0.910. The molecule has 22 heavy (non-hydrogen) atoms. The number of hydrogen-bond donors (Lipinski definition) is 2. The number of rotatable bonds is 4. The number of aromatic nitrogens is 2. The fourth-order valence-corrected chi connectivity index (χ4v) is 3.14. The summed E-state index contributed by atoms with van der Waals surface area (Å²) in [6, 6.07) is 9.71. The minimum Gasteiger partial charge on any atom is -0.393 e. The lowest BCUT2D eigenvalue weighted by Gasteiger charge is -2.23. The second-order valence-electron chi connectivity index (χ2n) is 5.97. The van der Waals surface area contributed by atoms with Crippen LogP contribution < -0.4 is 0 Å². The van der Waals surface area contributed by atoms with Crippen LogP contribution in [0.15, 0.2) is 36.5 Å². The summed E-state index contributed by atoms with van der Waals surface area (Å²) in [6.45, 7) is 0.583. The molecule has 2 unspecified atom stereocenters. The number of benzene rings is 1. The number of aromatic amines is 1. The van der Waals surface area contributed by atoms with Gasteiger partial charge in [-0.1, -0.05) is 36.8 Å².